The van der Waals surface area contributed by atoms with Crippen molar-refractivity contribution in [3.05, 3.63) is 30.6 Å². The Morgan fingerprint density at radius 3 is 3.06 bits per heavy atom. The monoisotopic (exact) mass is 219 g/mol. The summed E-state index contributed by atoms with van der Waals surface area (Å²) in [6, 6.07) is 5.32. The fraction of sp³-hybridized carbons (Fsp3) is 0.182. The van der Waals surface area contributed by atoms with Crippen LogP contribution in [0.15, 0.2) is 30.6 Å². The van der Waals surface area contributed by atoms with Crippen LogP contribution >= 0.6 is 0 Å². The fourth-order valence-corrected chi connectivity index (χ4v) is 1.36. The van der Waals surface area contributed by atoms with Crippen LogP contribution in [-0.2, 0) is 6.54 Å². The Morgan fingerprint density at radius 1 is 1.50 bits per heavy atom. The zero-order valence-electron chi connectivity index (χ0n) is 8.92. The standard InChI is InChI=1S/C11H13N3O2/c1-2-14-7-6-13-11(14)16-9-5-3-4-8(15)10(9)12/h3-7,15H,2,12H2,1H3. The zero-order valence-corrected chi connectivity index (χ0v) is 8.92. The largest absolute Gasteiger partial charge is 0.506 e. The number of para-hydroxylation sites is 1. The average Bonchev–Trinajstić information content (AvgIpc) is 2.72. The van der Waals surface area contributed by atoms with Gasteiger partial charge in [-0.3, -0.25) is 0 Å². The highest BCUT2D eigenvalue weighted by Gasteiger charge is 2.09. The maximum Gasteiger partial charge on any atom is 0.301 e. The first-order valence-corrected chi connectivity index (χ1v) is 4.98. The first-order valence-electron chi connectivity index (χ1n) is 4.98. The number of rotatable bonds is 3. The van der Waals surface area contributed by atoms with Gasteiger partial charge in [0.25, 0.3) is 0 Å². The number of nitrogens with two attached hydrogens (primary N) is 1. The van der Waals surface area contributed by atoms with E-state index in [4.69, 9.17) is 10.5 Å². The number of ether oxygens (including phenoxy) is 1. The number of anilines is 1. The summed E-state index contributed by atoms with van der Waals surface area (Å²) in [5.41, 5.74) is 5.89. The number of phenols is 1. The van der Waals surface area contributed by atoms with Crippen molar-refractivity contribution in [3.63, 3.8) is 0 Å². The van der Waals surface area contributed by atoms with Gasteiger partial charge < -0.3 is 20.1 Å². The molecule has 0 unspecified atom stereocenters. The molecule has 0 saturated carbocycles. The molecule has 3 N–H and O–H groups in total. The molecule has 5 nitrogen and oxygen atoms in total. The molecule has 0 radical (unpaired) electrons. The summed E-state index contributed by atoms with van der Waals surface area (Å²) >= 11 is 0. The molecule has 0 saturated heterocycles. The number of nitrogen functional groups attached to an aromatic ring is 1. The number of hydrogen-bond donors (Lipinski definition) is 2. The van der Waals surface area contributed by atoms with E-state index in [1.807, 2.05) is 17.7 Å². The Labute approximate surface area is 93.1 Å². The zero-order chi connectivity index (χ0) is 11.5. The molecule has 0 atom stereocenters. The predicted octanol–water partition coefficient (Wildman–Crippen LogP) is 1.98. The third-order valence-corrected chi connectivity index (χ3v) is 2.26. The van der Waals surface area contributed by atoms with Crippen LogP contribution in [0.2, 0.25) is 0 Å². The van der Waals surface area contributed by atoms with E-state index in [1.54, 1.807) is 18.3 Å². The topological polar surface area (TPSA) is 73.3 Å². The minimum atomic E-state index is 0.00658. The summed E-state index contributed by atoms with van der Waals surface area (Å²) in [6.45, 7) is 2.74. The maximum atomic E-state index is 9.42. The molecule has 1 aromatic heterocycles. The summed E-state index contributed by atoms with van der Waals surface area (Å²) in [7, 11) is 0. The minimum absolute atomic E-state index is 0.00658. The van der Waals surface area contributed by atoms with Crippen LogP contribution in [0, 0.1) is 0 Å². The third-order valence-electron chi connectivity index (χ3n) is 2.26. The molecule has 0 amide bonds. The van der Waals surface area contributed by atoms with Gasteiger partial charge in [-0.15, -0.1) is 0 Å². The van der Waals surface area contributed by atoms with Crippen molar-refractivity contribution < 1.29 is 9.84 Å². The number of nitrogens with zero attached hydrogens (tertiary/aromatic N) is 2. The highest BCUT2D eigenvalue weighted by molar-refractivity contribution is 5.62. The van der Waals surface area contributed by atoms with E-state index in [9.17, 15) is 5.11 Å². The van der Waals surface area contributed by atoms with Crippen molar-refractivity contribution in [2.45, 2.75) is 13.5 Å². The average molecular weight is 219 g/mol. The van der Waals surface area contributed by atoms with Crippen molar-refractivity contribution in [2.24, 2.45) is 0 Å². The highest BCUT2D eigenvalue weighted by atomic mass is 16.5. The molecular weight excluding hydrogens is 206 g/mol. The Balaban J connectivity index is 2.30. The first-order chi connectivity index (χ1) is 7.72. The van der Waals surface area contributed by atoms with Crippen molar-refractivity contribution in [2.75, 3.05) is 5.73 Å². The van der Waals surface area contributed by atoms with Crippen LogP contribution in [0.4, 0.5) is 5.69 Å². The van der Waals surface area contributed by atoms with Crippen molar-refractivity contribution in [1.82, 2.24) is 9.55 Å². The van der Waals surface area contributed by atoms with Crippen LogP contribution in [0.25, 0.3) is 0 Å². The van der Waals surface area contributed by atoms with Gasteiger partial charge in [-0.05, 0) is 19.1 Å². The second-order valence-electron chi connectivity index (χ2n) is 3.29. The molecule has 0 bridgehead atoms. The first kappa shape index (κ1) is 10.4. The lowest BCUT2D eigenvalue weighted by Crippen LogP contribution is -1.99. The van der Waals surface area contributed by atoms with Gasteiger partial charge >= 0.3 is 6.01 Å². The lowest BCUT2D eigenvalue weighted by Gasteiger charge is -2.09. The molecule has 2 rings (SSSR count). The minimum Gasteiger partial charge on any atom is -0.506 e. The number of benzene rings is 1. The van der Waals surface area contributed by atoms with Crippen LogP contribution in [0.3, 0.4) is 0 Å². The molecule has 1 heterocycles. The Bertz CT molecular complexity index is 494. The van der Waals surface area contributed by atoms with Crippen LogP contribution in [-0.4, -0.2) is 14.7 Å². The normalized spacial score (nSPS) is 10.3. The van der Waals surface area contributed by atoms with Crippen molar-refractivity contribution >= 4 is 5.69 Å². The van der Waals surface area contributed by atoms with Crippen LogP contribution in [0.1, 0.15) is 6.92 Å². The van der Waals surface area contributed by atoms with Crippen molar-refractivity contribution in [3.8, 4) is 17.5 Å². The number of aryl methyl sites for hydroxylation is 1. The van der Waals surface area contributed by atoms with E-state index >= 15 is 0 Å². The van der Waals surface area contributed by atoms with E-state index < -0.39 is 0 Å². The maximum absolute atomic E-state index is 9.42. The third kappa shape index (κ3) is 1.79. The lowest BCUT2D eigenvalue weighted by molar-refractivity contribution is 0.412. The number of aromatic hydroxyl groups is 1. The molecule has 0 aliphatic heterocycles. The predicted molar refractivity (Wildman–Crippen MR) is 60.5 cm³/mol. The van der Waals surface area contributed by atoms with Crippen LogP contribution < -0.4 is 10.5 Å². The summed E-state index contributed by atoms with van der Waals surface area (Å²) in [4.78, 5) is 4.06. The molecule has 16 heavy (non-hydrogen) atoms. The summed E-state index contributed by atoms with van der Waals surface area (Å²) < 4.78 is 7.36. The number of phenolic OH excluding ortho intramolecular Hbond substituents is 1. The summed E-state index contributed by atoms with van der Waals surface area (Å²) in [5, 5.41) is 9.42. The van der Waals surface area contributed by atoms with E-state index in [1.165, 1.54) is 6.07 Å². The van der Waals surface area contributed by atoms with E-state index in [2.05, 4.69) is 4.98 Å². The van der Waals surface area contributed by atoms with Gasteiger partial charge in [0, 0.05) is 18.9 Å². The van der Waals surface area contributed by atoms with E-state index in [0.717, 1.165) is 6.54 Å². The van der Waals surface area contributed by atoms with Gasteiger partial charge in [0.2, 0.25) is 0 Å². The molecular formula is C11H13N3O2. The molecule has 1 aromatic carbocycles. The second kappa shape index (κ2) is 4.14. The van der Waals surface area contributed by atoms with Gasteiger partial charge in [0.15, 0.2) is 5.75 Å². The van der Waals surface area contributed by atoms with Gasteiger partial charge in [-0.1, -0.05) is 6.07 Å². The van der Waals surface area contributed by atoms with E-state index in [-0.39, 0.29) is 11.4 Å². The molecule has 2 aromatic rings. The van der Waals surface area contributed by atoms with Gasteiger partial charge in [-0.2, -0.15) is 0 Å². The lowest BCUT2D eigenvalue weighted by atomic mass is 10.3. The number of imidazole rings is 1. The molecule has 5 heteroatoms. The van der Waals surface area contributed by atoms with Gasteiger partial charge in [0.05, 0.1) is 0 Å². The Hall–Kier alpha value is -2.17. The molecule has 0 aliphatic rings. The molecule has 84 valence electrons. The smallest absolute Gasteiger partial charge is 0.301 e. The number of aromatic nitrogens is 2. The Kier molecular flexibility index (Phi) is 2.68. The highest BCUT2D eigenvalue weighted by Crippen LogP contribution is 2.32. The second-order valence-corrected chi connectivity index (χ2v) is 3.29. The Morgan fingerprint density at radius 2 is 2.31 bits per heavy atom. The molecule has 0 aliphatic carbocycles. The van der Waals surface area contributed by atoms with Crippen molar-refractivity contribution in [1.29, 1.82) is 0 Å². The van der Waals surface area contributed by atoms with Crippen LogP contribution in [0.5, 0.6) is 17.5 Å². The molecule has 0 fully saturated rings. The summed E-state index contributed by atoms with van der Waals surface area (Å²) in [6.07, 6.45) is 3.46. The number of hydrogen-bond acceptors (Lipinski definition) is 4. The summed E-state index contributed by atoms with van der Waals surface area (Å²) in [5.74, 6) is 0.410. The molecule has 0 spiro atoms. The van der Waals surface area contributed by atoms with E-state index in [0.29, 0.717) is 11.8 Å². The SMILES string of the molecule is CCn1ccnc1Oc1cccc(O)c1N. The van der Waals surface area contributed by atoms with Gasteiger partial charge in [-0.25, -0.2) is 4.98 Å². The quantitative estimate of drug-likeness (QED) is 0.611. The fourth-order valence-electron chi connectivity index (χ4n) is 1.36. The van der Waals surface area contributed by atoms with Gasteiger partial charge in [0.1, 0.15) is 11.4 Å².